The van der Waals surface area contributed by atoms with Crippen LogP contribution in [0.3, 0.4) is 0 Å². The van der Waals surface area contributed by atoms with E-state index in [1.54, 1.807) is 0 Å². The first kappa shape index (κ1) is 35.6. The van der Waals surface area contributed by atoms with E-state index in [9.17, 15) is 34.2 Å². The van der Waals surface area contributed by atoms with Crippen LogP contribution in [0.4, 0.5) is 0 Å². The molecule has 0 aliphatic heterocycles. The monoisotopic (exact) mass is 593 g/mol. The molecule has 16 heteroatoms. The summed E-state index contributed by atoms with van der Waals surface area (Å²) in [7, 11) is 0. The number of nitrogens with zero attached hydrogens (tertiary/aromatic N) is 1. The Kier molecular flexibility index (Phi) is 15.9. The van der Waals surface area contributed by atoms with Crippen molar-refractivity contribution in [3.63, 3.8) is 0 Å². The quantitative estimate of drug-likeness (QED) is 0.0419. The number of amides is 4. The van der Waals surface area contributed by atoms with E-state index in [0.717, 1.165) is 0 Å². The van der Waals surface area contributed by atoms with Gasteiger partial charge >= 0.3 is 5.97 Å². The van der Waals surface area contributed by atoms with Crippen molar-refractivity contribution < 1.29 is 34.2 Å². The highest BCUT2D eigenvalue weighted by Gasteiger charge is 2.30. The number of carbonyl (C=O) groups is 5. The minimum Gasteiger partial charge on any atom is -0.508 e. The second-order valence-corrected chi connectivity index (χ2v) is 9.74. The zero-order chi connectivity index (χ0) is 31.7. The fraction of sp³-hybridized carbons (Fsp3) is 0.538. The Hall–Kier alpha value is -4.44. The summed E-state index contributed by atoms with van der Waals surface area (Å²) in [4.78, 5) is 66.3. The lowest BCUT2D eigenvalue weighted by Crippen LogP contribution is -2.57. The summed E-state index contributed by atoms with van der Waals surface area (Å²) in [5.74, 6) is -4.48. The van der Waals surface area contributed by atoms with E-state index < -0.39 is 53.8 Å². The molecule has 1 aromatic carbocycles. The SMILES string of the molecule is NCCCCC(N)C(=O)NC(CCCN=C(N)N)C(=O)NC(CCC(N)=O)C(=O)NC(Cc1ccc(O)cc1)C(=O)O. The van der Waals surface area contributed by atoms with Crippen molar-refractivity contribution in [2.45, 2.75) is 75.5 Å². The molecule has 4 amide bonds. The molecule has 0 saturated heterocycles. The molecular formula is C26H43N9O7. The lowest BCUT2D eigenvalue weighted by Gasteiger charge is -2.25. The van der Waals surface area contributed by atoms with Crippen molar-refractivity contribution in [3.8, 4) is 5.75 Å². The number of aliphatic carboxylic acids is 1. The summed E-state index contributed by atoms with van der Waals surface area (Å²) in [6.45, 7) is 0.601. The highest BCUT2D eigenvalue weighted by atomic mass is 16.4. The van der Waals surface area contributed by atoms with Crippen LogP contribution in [0, 0.1) is 0 Å². The number of carboxylic acid groups (broad SMARTS) is 1. The predicted molar refractivity (Wildman–Crippen MR) is 154 cm³/mol. The van der Waals surface area contributed by atoms with Gasteiger partial charge in [0.25, 0.3) is 0 Å². The lowest BCUT2D eigenvalue weighted by atomic mass is 10.0. The Labute approximate surface area is 243 Å². The number of hydrogen-bond acceptors (Lipinski definition) is 9. The third-order valence-corrected chi connectivity index (χ3v) is 6.19. The van der Waals surface area contributed by atoms with Gasteiger partial charge in [0.1, 0.15) is 23.9 Å². The van der Waals surface area contributed by atoms with E-state index in [1.165, 1.54) is 24.3 Å². The van der Waals surface area contributed by atoms with E-state index in [4.69, 9.17) is 28.7 Å². The molecule has 16 nitrogen and oxygen atoms in total. The van der Waals surface area contributed by atoms with Crippen molar-refractivity contribution in [1.82, 2.24) is 16.0 Å². The number of hydrogen-bond donors (Lipinski definition) is 10. The summed E-state index contributed by atoms with van der Waals surface area (Å²) >= 11 is 0. The van der Waals surface area contributed by atoms with Gasteiger partial charge in [0.15, 0.2) is 5.96 Å². The van der Waals surface area contributed by atoms with Crippen LogP contribution in [0.15, 0.2) is 29.3 Å². The molecule has 15 N–H and O–H groups in total. The second-order valence-electron chi connectivity index (χ2n) is 9.74. The van der Waals surface area contributed by atoms with Crippen molar-refractivity contribution in [2.75, 3.05) is 13.1 Å². The zero-order valence-corrected chi connectivity index (χ0v) is 23.5. The number of aliphatic imine (C=N–C) groups is 1. The minimum absolute atomic E-state index is 0.0136. The fourth-order valence-electron chi connectivity index (χ4n) is 3.86. The fourth-order valence-corrected chi connectivity index (χ4v) is 3.86. The molecule has 0 radical (unpaired) electrons. The second kappa shape index (κ2) is 18.8. The van der Waals surface area contributed by atoms with Gasteiger partial charge in [0.05, 0.1) is 6.04 Å². The maximum Gasteiger partial charge on any atom is 0.326 e. The van der Waals surface area contributed by atoms with Gasteiger partial charge in [-0.05, 0) is 56.3 Å². The van der Waals surface area contributed by atoms with Crippen LogP contribution < -0.4 is 44.6 Å². The number of primary amides is 1. The predicted octanol–water partition coefficient (Wildman–Crippen LogP) is -2.75. The average Bonchev–Trinajstić information content (AvgIpc) is 2.92. The average molecular weight is 594 g/mol. The number of carbonyl (C=O) groups excluding carboxylic acids is 4. The van der Waals surface area contributed by atoms with Crippen molar-refractivity contribution in [1.29, 1.82) is 0 Å². The van der Waals surface area contributed by atoms with Gasteiger partial charge in [-0.3, -0.25) is 24.2 Å². The first-order chi connectivity index (χ1) is 19.8. The molecule has 4 atom stereocenters. The summed E-state index contributed by atoms with van der Waals surface area (Å²) in [5, 5.41) is 26.6. The van der Waals surface area contributed by atoms with E-state index in [1.807, 2.05) is 0 Å². The molecule has 0 spiro atoms. The number of aromatic hydroxyl groups is 1. The summed E-state index contributed by atoms with van der Waals surface area (Å²) in [5.41, 5.74) is 27.9. The van der Waals surface area contributed by atoms with Gasteiger partial charge in [-0.2, -0.15) is 0 Å². The van der Waals surface area contributed by atoms with Crippen LogP contribution >= 0.6 is 0 Å². The van der Waals surface area contributed by atoms with E-state index in [2.05, 4.69) is 20.9 Å². The van der Waals surface area contributed by atoms with Gasteiger partial charge in [0, 0.05) is 19.4 Å². The lowest BCUT2D eigenvalue weighted by molar-refractivity contribution is -0.142. The van der Waals surface area contributed by atoms with Crippen LogP contribution in [0.1, 0.15) is 50.5 Å². The summed E-state index contributed by atoms with van der Waals surface area (Å²) in [6.07, 6.45) is 1.33. The third-order valence-electron chi connectivity index (χ3n) is 6.19. The molecular weight excluding hydrogens is 550 g/mol. The van der Waals surface area contributed by atoms with Crippen LogP contribution in [-0.4, -0.2) is 83.0 Å². The topological polar surface area (TPSA) is 304 Å². The third kappa shape index (κ3) is 14.3. The normalized spacial score (nSPS) is 13.6. The van der Waals surface area contributed by atoms with E-state index in [-0.39, 0.29) is 50.4 Å². The number of nitrogens with one attached hydrogen (secondary N) is 3. The number of benzene rings is 1. The summed E-state index contributed by atoms with van der Waals surface area (Å²) < 4.78 is 0. The highest BCUT2D eigenvalue weighted by Crippen LogP contribution is 2.12. The van der Waals surface area contributed by atoms with E-state index in [0.29, 0.717) is 31.4 Å². The smallest absolute Gasteiger partial charge is 0.326 e. The van der Waals surface area contributed by atoms with E-state index >= 15 is 0 Å². The molecule has 42 heavy (non-hydrogen) atoms. The van der Waals surface area contributed by atoms with Gasteiger partial charge in [-0.1, -0.05) is 18.6 Å². The minimum atomic E-state index is -1.39. The molecule has 0 aliphatic rings. The van der Waals surface area contributed by atoms with Crippen molar-refractivity contribution in [2.24, 2.45) is 33.7 Å². The molecule has 0 bridgehead atoms. The number of phenols is 1. The molecule has 1 rings (SSSR count). The van der Waals surface area contributed by atoms with Gasteiger partial charge < -0.3 is 54.8 Å². The van der Waals surface area contributed by atoms with Crippen LogP contribution in [-0.2, 0) is 30.4 Å². The number of phenolic OH excluding ortho intramolecular Hbond substituents is 1. The molecule has 0 heterocycles. The first-order valence-electron chi connectivity index (χ1n) is 13.5. The number of guanidine groups is 1. The van der Waals surface area contributed by atoms with Crippen molar-refractivity contribution >= 4 is 35.6 Å². The summed E-state index contributed by atoms with van der Waals surface area (Å²) in [6, 6.07) is 0.937. The number of nitrogens with two attached hydrogens (primary N) is 5. The molecule has 0 aromatic heterocycles. The molecule has 4 unspecified atom stereocenters. The number of unbranched alkanes of at least 4 members (excludes halogenated alkanes) is 1. The van der Waals surface area contributed by atoms with Gasteiger partial charge in [-0.25, -0.2) is 4.79 Å². The standard InChI is InChI=1S/C26H43N9O7/c27-12-2-1-4-17(28)22(38)33-18(5-3-13-32-26(30)31)23(39)34-19(10-11-21(29)37)24(40)35-20(25(41)42)14-15-6-8-16(36)9-7-15/h6-9,17-20,36H,1-5,10-14,27-28H2,(H2,29,37)(H,33,38)(H,34,39)(H,35,40)(H,41,42)(H4,30,31,32). The molecule has 1 aromatic rings. The Morgan fingerprint density at radius 1 is 0.786 bits per heavy atom. The molecule has 0 aliphatic carbocycles. The zero-order valence-electron chi connectivity index (χ0n) is 23.5. The molecule has 0 fully saturated rings. The number of rotatable bonds is 20. The molecule has 234 valence electrons. The Balaban J connectivity index is 3.07. The Bertz CT molecular complexity index is 1080. The first-order valence-corrected chi connectivity index (χ1v) is 13.5. The van der Waals surface area contributed by atoms with Crippen molar-refractivity contribution in [3.05, 3.63) is 29.8 Å². The van der Waals surface area contributed by atoms with Crippen LogP contribution in [0.25, 0.3) is 0 Å². The van der Waals surface area contributed by atoms with Crippen LogP contribution in [0.2, 0.25) is 0 Å². The number of carboxylic acids is 1. The maximum atomic E-state index is 13.3. The Morgan fingerprint density at radius 3 is 1.90 bits per heavy atom. The Morgan fingerprint density at radius 2 is 1.36 bits per heavy atom. The van der Waals surface area contributed by atoms with Gasteiger partial charge in [0.2, 0.25) is 23.6 Å². The largest absolute Gasteiger partial charge is 0.508 e. The molecule has 0 saturated carbocycles. The van der Waals surface area contributed by atoms with Crippen LogP contribution in [0.5, 0.6) is 5.75 Å². The maximum absolute atomic E-state index is 13.3. The highest BCUT2D eigenvalue weighted by molar-refractivity contribution is 5.94. The van der Waals surface area contributed by atoms with Gasteiger partial charge in [-0.15, -0.1) is 0 Å².